The topological polar surface area (TPSA) is 65.9 Å². The number of rotatable bonds is 6. The fourth-order valence-electron chi connectivity index (χ4n) is 2.05. The van der Waals surface area contributed by atoms with E-state index in [0.29, 0.717) is 12.5 Å². The molecular weight excluding hydrogens is 335 g/mol. The van der Waals surface area contributed by atoms with Crippen molar-refractivity contribution < 1.29 is 23.0 Å². The Morgan fingerprint density at radius 2 is 1.88 bits per heavy atom. The molecule has 0 bridgehead atoms. The summed E-state index contributed by atoms with van der Waals surface area (Å²) in [5.74, 6) is 0.512. The van der Waals surface area contributed by atoms with Crippen molar-refractivity contribution >= 4 is 5.96 Å². The highest BCUT2D eigenvalue weighted by Crippen LogP contribution is 2.35. The molecule has 5 nitrogen and oxygen atoms in total. The quantitative estimate of drug-likeness (QED) is 0.538. The van der Waals surface area contributed by atoms with E-state index in [9.17, 15) is 13.2 Å². The largest absolute Gasteiger partial charge is 0.488 e. The molecule has 1 aromatic carbocycles. The molecule has 0 spiro atoms. The van der Waals surface area contributed by atoms with E-state index in [1.807, 2.05) is 6.92 Å². The number of benzene rings is 1. The van der Waals surface area contributed by atoms with Gasteiger partial charge in [0.25, 0.3) is 0 Å². The average Bonchev–Trinajstić information content (AvgIpc) is 2.48. The van der Waals surface area contributed by atoms with E-state index in [0.717, 1.165) is 6.07 Å². The summed E-state index contributed by atoms with van der Waals surface area (Å²) in [6, 6.07) is 3.90. The molecule has 0 atom stereocenters. The Balaban J connectivity index is 3.08. The molecule has 0 heterocycles. The molecule has 0 unspecified atom stereocenters. The van der Waals surface area contributed by atoms with Crippen molar-refractivity contribution in [2.75, 3.05) is 19.7 Å². The summed E-state index contributed by atoms with van der Waals surface area (Å²) in [4.78, 5) is 4.14. The summed E-state index contributed by atoms with van der Waals surface area (Å²) in [5.41, 5.74) is -1.31. The lowest BCUT2D eigenvalue weighted by atomic mass is 10.1. The number of nitrogens with one attached hydrogen (secondary N) is 2. The van der Waals surface area contributed by atoms with Gasteiger partial charge < -0.3 is 20.5 Å². The Morgan fingerprint density at radius 3 is 2.40 bits per heavy atom. The zero-order chi connectivity index (χ0) is 19.1. The van der Waals surface area contributed by atoms with Gasteiger partial charge in [0.1, 0.15) is 11.4 Å². The van der Waals surface area contributed by atoms with Crippen LogP contribution in [0.5, 0.6) is 5.75 Å². The van der Waals surface area contributed by atoms with Crippen LogP contribution in [0.15, 0.2) is 23.2 Å². The zero-order valence-electron chi connectivity index (χ0n) is 15.0. The first-order chi connectivity index (χ1) is 11.6. The number of ether oxygens (including phenoxy) is 1. The lowest BCUT2D eigenvalue weighted by molar-refractivity contribution is -0.138. The number of hydrogen-bond donors (Lipinski definition) is 3. The lowest BCUT2D eigenvalue weighted by Crippen LogP contribution is -2.38. The fraction of sp³-hybridized carbons (Fsp3) is 0.588. The van der Waals surface area contributed by atoms with Crippen molar-refractivity contribution in [3.05, 3.63) is 29.3 Å². The van der Waals surface area contributed by atoms with Crippen LogP contribution in [0, 0.1) is 0 Å². The minimum absolute atomic E-state index is 0.0509. The molecule has 1 aromatic rings. The summed E-state index contributed by atoms with van der Waals surface area (Å²) in [7, 11) is 0. The summed E-state index contributed by atoms with van der Waals surface area (Å²) < 4.78 is 45.6. The lowest BCUT2D eigenvalue weighted by Gasteiger charge is -2.22. The third-order valence-electron chi connectivity index (χ3n) is 2.97. The highest BCUT2D eigenvalue weighted by Gasteiger charge is 2.34. The zero-order valence-corrected chi connectivity index (χ0v) is 15.0. The number of aliphatic hydroxyl groups is 1. The molecule has 0 aliphatic rings. The second-order valence-electron chi connectivity index (χ2n) is 6.38. The second-order valence-corrected chi connectivity index (χ2v) is 6.38. The fourth-order valence-corrected chi connectivity index (χ4v) is 2.05. The SMILES string of the molecule is CCNC(=NCc1ccc(OC(C)(C)C)cc1C(F)(F)F)NCCO. The Bertz CT molecular complexity index is 581. The summed E-state index contributed by atoms with van der Waals surface area (Å²) in [6.45, 7) is 7.73. The van der Waals surface area contributed by atoms with Crippen LogP contribution in [-0.4, -0.2) is 36.4 Å². The molecule has 0 aliphatic carbocycles. The minimum Gasteiger partial charge on any atom is -0.488 e. The molecule has 8 heteroatoms. The molecule has 0 aromatic heterocycles. The smallest absolute Gasteiger partial charge is 0.416 e. The van der Waals surface area contributed by atoms with Crippen molar-refractivity contribution in [3.8, 4) is 5.75 Å². The van der Waals surface area contributed by atoms with Crippen LogP contribution in [0.1, 0.15) is 38.8 Å². The predicted octanol–water partition coefficient (Wildman–Crippen LogP) is 2.93. The van der Waals surface area contributed by atoms with Crippen LogP contribution in [0.4, 0.5) is 13.2 Å². The van der Waals surface area contributed by atoms with E-state index in [1.165, 1.54) is 12.1 Å². The van der Waals surface area contributed by atoms with Gasteiger partial charge in [-0.2, -0.15) is 13.2 Å². The average molecular weight is 361 g/mol. The molecule has 0 saturated heterocycles. The molecule has 3 N–H and O–H groups in total. The van der Waals surface area contributed by atoms with E-state index in [4.69, 9.17) is 9.84 Å². The number of guanidine groups is 1. The maximum absolute atomic E-state index is 13.4. The van der Waals surface area contributed by atoms with Gasteiger partial charge in [-0.05, 0) is 45.4 Å². The van der Waals surface area contributed by atoms with E-state index >= 15 is 0 Å². The Kier molecular flexibility index (Phi) is 7.54. The van der Waals surface area contributed by atoms with Crippen molar-refractivity contribution in [1.29, 1.82) is 0 Å². The molecule has 0 radical (unpaired) electrons. The third kappa shape index (κ3) is 7.64. The molecule has 0 saturated carbocycles. The molecular formula is C17H26F3N3O2. The van der Waals surface area contributed by atoms with Gasteiger partial charge >= 0.3 is 6.18 Å². The number of nitrogens with zero attached hydrogens (tertiary/aromatic N) is 1. The van der Waals surface area contributed by atoms with Crippen LogP contribution in [0.25, 0.3) is 0 Å². The second kappa shape index (κ2) is 8.94. The van der Waals surface area contributed by atoms with Crippen LogP contribution in [0.2, 0.25) is 0 Å². The van der Waals surface area contributed by atoms with Crippen LogP contribution in [-0.2, 0) is 12.7 Å². The van der Waals surface area contributed by atoms with E-state index in [-0.39, 0.29) is 31.0 Å². The molecule has 142 valence electrons. The van der Waals surface area contributed by atoms with Gasteiger partial charge in [0.2, 0.25) is 0 Å². The van der Waals surface area contributed by atoms with Gasteiger partial charge in [-0.1, -0.05) is 6.07 Å². The Labute approximate surface area is 146 Å². The van der Waals surface area contributed by atoms with E-state index in [1.54, 1.807) is 20.8 Å². The van der Waals surface area contributed by atoms with Crippen molar-refractivity contribution in [1.82, 2.24) is 10.6 Å². The first-order valence-electron chi connectivity index (χ1n) is 8.09. The van der Waals surface area contributed by atoms with Crippen LogP contribution >= 0.6 is 0 Å². The van der Waals surface area contributed by atoms with Gasteiger partial charge in [-0.15, -0.1) is 0 Å². The predicted molar refractivity (Wildman–Crippen MR) is 91.7 cm³/mol. The maximum Gasteiger partial charge on any atom is 0.416 e. The highest BCUT2D eigenvalue weighted by atomic mass is 19.4. The van der Waals surface area contributed by atoms with Crippen molar-refractivity contribution in [2.24, 2.45) is 4.99 Å². The van der Waals surface area contributed by atoms with Gasteiger partial charge in [0.05, 0.1) is 18.7 Å². The number of aliphatic hydroxyl groups excluding tert-OH is 1. The first-order valence-corrected chi connectivity index (χ1v) is 8.09. The molecule has 0 aliphatic heterocycles. The summed E-state index contributed by atoms with van der Waals surface area (Å²) >= 11 is 0. The standard InChI is InChI=1S/C17H26F3N3O2/c1-5-21-15(22-8-9-24)23-11-12-6-7-13(25-16(2,3)4)10-14(12)17(18,19)20/h6-7,10,24H,5,8-9,11H2,1-4H3,(H2,21,22,23). The van der Waals surface area contributed by atoms with Crippen molar-refractivity contribution in [2.45, 2.75) is 46.0 Å². The summed E-state index contributed by atoms with van der Waals surface area (Å²) in [6.07, 6.45) is -4.50. The van der Waals surface area contributed by atoms with Gasteiger partial charge in [-0.25, -0.2) is 4.99 Å². The minimum atomic E-state index is -4.50. The molecule has 0 fully saturated rings. The first kappa shape index (κ1) is 21.1. The number of alkyl halides is 3. The summed E-state index contributed by atoms with van der Waals surface area (Å²) in [5, 5.41) is 14.6. The van der Waals surface area contributed by atoms with E-state index in [2.05, 4.69) is 15.6 Å². The monoisotopic (exact) mass is 361 g/mol. The molecule has 1 rings (SSSR count). The number of hydrogen-bond acceptors (Lipinski definition) is 3. The Hall–Kier alpha value is -1.96. The third-order valence-corrected chi connectivity index (χ3v) is 2.97. The van der Waals surface area contributed by atoms with Crippen LogP contribution < -0.4 is 15.4 Å². The van der Waals surface area contributed by atoms with E-state index < -0.39 is 17.3 Å². The number of halogens is 3. The molecule has 0 amide bonds. The highest BCUT2D eigenvalue weighted by molar-refractivity contribution is 5.79. The van der Waals surface area contributed by atoms with Gasteiger partial charge in [-0.3, -0.25) is 0 Å². The van der Waals surface area contributed by atoms with Crippen LogP contribution in [0.3, 0.4) is 0 Å². The van der Waals surface area contributed by atoms with Gasteiger partial charge in [0.15, 0.2) is 5.96 Å². The normalized spacial score (nSPS) is 12.9. The molecule has 25 heavy (non-hydrogen) atoms. The maximum atomic E-state index is 13.4. The van der Waals surface area contributed by atoms with Gasteiger partial charge in [0, 0.05) is 13.1 Å². The van der Waals surface area contributed by atoms with Crippen molar-refractivity contribution in [3.63, 3.8) is 0 Å². The number of aliphatic imine (C=N–C) groups is 1. The Morgan fingerprint density at radius 1 is 1.20 bits per heavy atom.